The van der Waals surface area contributed by atoms with Gasteiger partial charge in [-0.15, -0.1) is 0 Å². The Labute approximate surface area is 159 Å². The molecule has 2 atom stereocenters. The van der Waals surface area contributed by atoms with E-state index in [1.807, 2.05) is 36.4 Å². The van der Waals surface area contributed by atoms with Crippen LogP contribution in [0.3, 0.4) is 0 Å². The van der Waals surface area contributed by atoms with E-state index in [1.165, 1.54) is 5.56 Å². The highest BCUT2D eigenvalue weighted by Gasteiger charge is 2.52. The van der Waals surface area contributed by atoms with Crippen molar-refractivity contribution >= 4 is 11.8 Å². The van der Waals surface area contributed by atoms with E-state index < -0.39 is 11.5 Å². The van der Waals surface area contributed by atoms with Crippen molar-refractivity contribution in [3.8, 4) is 0 Å². The standard InChI is InChI=1S/C21H24N4O2/c26-19(23-13-17-8-4-5-10-22-17)18-12-21(20(27)24-18)9-11-25(15-21)14-16-6-2-1-3-7-16/h1-8,10,18H,9,11-15H2,(H,23,26)(H,24,27)/t18-,21+/m0/s1. The number of likely N-dealkylation sites (tertiary alicyclic amines) is 1. The zero-order valence-electron chi connectivity index (χ0n) is 15.2. The summed E-state index contributed by atoms with van der Waals surface area (Å²) >= 11 is 0. The third kappa shape index (κ3) is 3.85. The van der Waals surface area contributed by atoms with Gasteiger partial charge in [-0.2, -0.15) is 0 Å². The second kappa shape index (κ2) is 7.48. The molecule has 0 unspecified atom stereocenters. The largest absolute Gasteiger partial charge is 0.349 e. The van der Waals surface area contributed by atoms with Crippen LogP contribution in [0.25, 0.3) is 0 Å². The molecule has 1 aromatic heterocycles. The van der Waals surface area contributed by atoms with Crippen LogP contribution in [0.2, 0.25) is 0 Å². The smallest absolute Gasteiger partial charge is 0.242 e. The first-order chi connectivity index (χ1) is 13.1. The van der Waals surface area contributed by atoms with Crippen molar-refractivity contribution in [1.82, 2.24) is 20.5 Å². The van der Waals surface area contributed by atoms with E-state index in [0.29, 0.717) is 19.5 Å². The monoisotopic (exact) mass is 364 g/mol. The minimum atomic E-state index is -0.460. The number of nitrogens with zero attached hydrogens (tertiary/aromatic N) is 2. The molecular formula is C21H24N4O2. The zero-order chi connectivity index (χ0) is 18.7. The Kier molecular flexibility index (Phi) is 4.90. The van der Waals surface area contributed by atoms with Crippen molar-refractivity contribution in [1.29, 1.82) is 0 Å². The van der Waals surface area contributed by atoms with Crippen LogP contribution in [-0.4, -0.2) is 40.8 Å². The Hall–Kier alpha value is -2.73. The maximum Gasteiger partial charge on any atom is 0.242 e. The summed E-state index contributed by atoms with van der Waals surface area (Å²) < 4.78 is 0. The molecule has 0 bridgehead atoms. The lowest BCUT2D eigenvalue weighted by Crippen LogP contribution is -2.41. The Morgan fingerprint density at radius 2 is 2.04 bits per heavy atom. The van der Waals surface area contributed by atoms with Crippen LogP contribution >= 0.6 is 0 Å². The maximum absolute atomic E-state index is 12.7. The third-order valence-electron chi connectivity index (χ3n) is 5.55. The van der Waals surface area contributed by atoms with Crippen LogP contribution in [0.5, 0.6) is 0 Å². The molecule has 2 N–H and O–H groups in total. The third-order valence-corrected chi connectivity index (χ3v) is 5.55. The van der Waals surface area contributed by atoms with Gasteiger partial charge in [0, 0.05) is 19.3 Å². The highest BCUT2D eigenvalue weighted by Crippen LogP contribution is 2.40. The highest BCUT2D eigenvalue weighted by molar-refractivity contribution is 5.94. The Bertz CT molecular complexity index is 811. The van der Waals surface area contributed by atoms with Crippen molar-refractivity contribution < 1.29 is 9.59 Å². The molecule has 140 valence electrons. The number of carbonyl (C=O) groups excluding carboxylic acids is 2. The minimum absolute atomic E-state index is 0.0102. The molecule has 2 aliphatic heterocycles. The van der Waals surface area contributed by atoms with Gasteiger partial charge >= 0.3 is 0 Å². The first kappa shape index (κ1) is 17.7. The lowest BCUT2D eigenvalue weighted by atomic mass is 9.84. The molecule has 6 nitrogen and oxygen atoms in total. The van der Waals surface area contributed by atoms with Crippen molar-refractivity contribution in [2.45, 2.75) is 32.0 Å². The summed E-state index contributed by atoms with van der Waals surface area (Å²) in [5, 5.41) is 5.80. The Morgan fingerprint density at radius 3 is 2.81 bits per heavy atom. The lowest BCUT2D eigenvalue weighted by molar-refractivity contribution is -0.128. The number of hydrogen-bond donors (Lipinski definition) is 2. The van der Waals surface area contributed by atoms with Crippen LogP contribution in [0.1, 0.15) is 24.1 Å². The van der Waals surface area contributed by atoms with Gasteiger partial charge in [0.2, 0.25) is 11.8 Å². The first-order valence-corrected chi connectivity index (χ1v) is 9.40. The van der Waals surface area contributed by atoms with Gasteiger partial charge in [0.15, 0.2) is 0 Å². The fourth-order valence-corrected chi connectivity index (χ4v) is 4.09. The van der Waals surface area contributed by atoms with E-state index in [1.54, 1.807) is 6.20 Å². The number of nitrogens with one attached hydrogen (secondary N) is 2. The van der Waals surface area contributed by atoms with E-state index in [4.69, 9.17) is 0 Å². The number of aromatic nitrogens is 1. The molecule has 2 aromatic rings. The quantitative estimate of drug-likeness (QED) is 0.843. The summed E-state index contributed by atoms with van der Waals surface area (Å²) in [6, 6.07) is 15.4. The van der Waals surface area contributed by atoms with Gasteiger partial charge in [-0.3, -0.25) is 19.5 Å². The SMILES string of the molecule is O=C(NCc1ccccn1)[C@@H]1C[C@@]2(CCN(Cc3ccccc3)C2)C(=O)N1. The molecule has 27 heavy (non-hydrogen) atoms. The topological polar surface area (TPSA) is 74.3 Å². The molecule has 2 fully saturated rings. The van der Waals surface area contributed by atoms with Gasteiger partial charge in [-0.05, 0) is 37.1 Å². The fraction of sp³-hybridized carbons (Fsp3) is 0.381. The van der Waals surface area contributed by atoms with Gasteiger partial charge < -0.3 is 10.6 Å². The zero-order valence-corrected chi connectivity index (χ0v) is 15.2. The lowest BCUT2D eigenvalue weighted by Gasteiger charge is -2.21. The molecule has 0 saturated carbocycles. The molecule has 6 heteroatoms. The summed E-state index contributed by atoms with van der Waals surface area (Å²) in [5.41, 5.74) is 1.61. The number of pyridine rings is 1. The summed E-state index contributed by atoms with van der Waals surface area (Å²) in [4.78, 5) is 31.7. The molecule has 2 saturated heterocycles. The summed E-state index contributed by atoms with van der Waals surface area (Å²) in [7, 11) is 0. The Balaban J connectivity index is 1.34. The van der Waals surface area contributed by atoms with E-state index in [2.05, 4.69) is 32.7 Å². The van der Waals surface area contributed by atoms with Crippen molar-refractivity contribution in [2.75, 3.05) is 13.1 Å². The summed E-state index contributed by atoms with van der Waals surface area (Å²) in [5.74, 6) is -0.122. The second-order valence-corrected chi connectivity index (χ2v) is 7.50. The van der Waals surface area contributed by atoms with Crippen molar-refractivity contribution in [3.05, 3.63) is 66.0 Å². The predicted molar refractivity (Wildman–Crippen MR) is 101 cm³/mol. The average molecular weight is 364 g/mol. The maximum atomic E-state index is 12.7. The van der Waals surface area contributed by atoms with Crippen LogP contribution in [-0.2, 0) is 22.7 Å². The van der Waals surface area contributed by atoms with Crippen molar-refractivity contribution in [2.24, 2.45) is 5.41 Å². The number of rotatable bonds is 5. The molecule has 2 amide bonds. The van der Waals surface area contributed by atoms with Gasteiger partial charge in [-0.25, -0.2) is 0 Å². The van der Waals surface area contributed by atoms with E-state index in [0.717, 1.165) is 25.2 Å². The van der Waals surface area contributed by atoms with Crippen LogP contribution in [0.4, 0.5) is 0 Å². The molecule has 3 heterocycles. The number of hydrogen-bond acceptors (Lipinski definition) is 4. The summed E-state index contributed by atoms with van der Waals surface area (Å²) in [6.45, 7) is 2.80. The average Bonchev–Trinajstić information content (AvgIpc) is 3.25. The Morgan fingerprint density at radius 1 is 1.22 bits per heavy atom. The molecule has 0 radical (unpaired) electrons. The predicted octanol–water partition coefficient (Wildman–Crippen LogP) is 1.48. The van der Waals surface area contributed by atoms with Gasteiger partial charge in [0.25, 0.3) is 0 Å². The summed E-state index contributed by atoms with van der Waals surface area (Å²) in [6.07, 6.45) is 3.06. The molecule has 0 aliphatic carbocycles. The second-order valence-electron chi connectivity index (χ2n) is 7.50. The first-order valence-electron chi connectivity index (χ1n) is 9.40. The van der Waals surface area contributed by atoms with Crippen molar-refractivity contribution in [3.63, 3.8) is 0 Å². The fourth-order valence-electron chi connectivity index (χ4n) is 4.09. The van der Waals surface area contributed by atoms with Gasteiger partial charge in [0.1, 0.15) is 6.04 Å². The normalized spacial score (nSPS) is 24.9. The molecular weight excluding hydrogens is 340 g/mol. The number of benzene rings is 1. The van der Waals surface area contributed by atoms with Gasteiger partial charge in [-0.1, -0.05) is 36.4 Å². The van der Waals surface area contributed by atoms with Gasteiger partial charge in [0.05, 0.1) is 17.7 Å². The van der Waals surface area contributed by atoms with Crippen LogP contribution < -0.4 is 10.6 Å². The number of amides is 2. The van der Waals surface area contributed by atoms with Crippen LogP contribution in [0, 0.1) is 5.41 Å². The molecule has 4 rings (SSSR count). The molecule has 1 aromatic carbocycles. The number of carbonyl (C=O) groups is 2. The molecule has 1 spiro atoms. The van der Waals surface area contributed by atoms with Crippen LogP contribution in [0.15, 0.2) is 54.7 Å². The van der Waals surface area contributed by atoms with E-state index >= 15 is 0 Å². The van der Waals surface area contributed by atoms with E-state index in [9.17, 15) is 9.59 Å². The molecule has 2 aliphatic rings. The minimum Gasteiger partial charge on any atom is -0.349 e. The van der Waals surface area contributed by atoms with E-state index in [-0.39, 0.29) is 11.8 Å². The highest BCUT2D eigenvalue weighted by atomic mass is 16.2.